The maximum atomic E-state index is 13.2. The van der Waals surface area contributed by atoms with Crippen molar-refractivity contribution in [3.8, 4) is 0 Å². The molecule has 1 unspecified atom stereocenters. The Hall–Kier alpha value is -2.58. The van der Waals surface area contributed by atoms with E-state index < -0.39 is 21.7 Å². The van der Waals surface area contributed by atoms with Gasteiger partial charge in [0.05, 0.1) is 10.6 Å². The molecule has 1 atom stereocenters. The van der Waals surface area contributed by atoms with Crippen LogP contribution in [-0.4, -0.2) is 19.5 Å². The molecule has 6 nitrogen and oxygen atoms in total. The van der Waals surface area contributed by atoms with Gasteiger partial charge < -0.3 is 10.4 Å². The van der Waals surface area contributed by atoms with Gasteiger partial charge in [-0.3, -0.25) is 0 Å². The molecular formula is C21H16Cl2N2O4S. The molecule has 0 fully saturated rings. The zero-order chi connectivity index (χ0) is 21.5. The number of carboxylic acid groups (broad SMARTS) is 1. The van der Waals surface area contributed by atoms with Gasteiger partial charge in [0, 0.05) is 17.1 Å². The van der Waals surface area contributed by atoms with Crippen LogP contribution >= 0.6 is 23.2 Å². The first-order valence-corrected chi connectivity index (χ1v) is 11.1. The highest BCUT2D eigenvalue weighted by Gasteiger charge is 2.42. The number of sulfonamides is 1. The van der Waals surface area contributed by atoms with Gasteiger partial charge in [0.1, 0.15) is 10.6 Å². The second kappa shape index (κ2) is 7.59. The van der Waals surface area contributed by atoms with Crippen molar-refractivity contribution in [1.82, 2.24) is 4.72 Å². The summed E-state index contributed by atoms with van der Waals surface area (Å²) in [6.45, 7) is 0. The fourth-order valence-corrected chi connectivity index (χ4v) is 5.56. The Morgan fingerprint density at radius 3 is 2.40 bits per heavy atom. The highest BCUT2D eigenvalue weighted by Crippen LogP contribution is 2.40. The van der Waals surface area contributed by atoms with Gasteiger partial charge in [0.15, 0.2) is 0 Å². The Morgan fingerprint density at radius 1 is 1.03 bits per heavy atom. The molecular weight excluding hydrogens is 447 g/mol. The number of aromatic carboxylic acids is 1. The smallest absolute Gasteiger partial charge is 0.335 e. The van der Waals surface area contributed by atoms with Crippen LogP contribution in [0.15, 0.2) is 71.6 Å². The van der Waals surface area contributed by atoms with E-state index in [1.165, 1.54) is 24.3 Å². The van der Waals surface area contributed by atoms with E-state index in [-0.39, 0.29) is 21.9 Å². The second-order valence-corrected chi connectivity index (χ2v) is 9.42. The predicted octanol–water partition coefficient (Wildman–Crippen LogP) is 4.49. The van der Waals surface area contributed by atoms with E-state index in [4.69, 9.17) is 23.2 Å². The minimum atomic E-state index is -4.03. The van der Waals surface area contributed by atoms with Crippen LogP contribution in [-0.2, 0) is 22.1 Å². The normalized spacial score (nSPS) is 17.9. The summed E-state index contributed by atoms with van der Waals surface area (Å²) >= 11 is 12.2. The number of hydrogen-bond donors (Lipinski definition) is 3. The van der Waals surface area contributed by atoms with E-state index in [0.717, 1.165) is 11.3 Å². The third-order valence-corrected chi connectivity index (χ3v) is 7.16. The summed E-state index contributed by atoms with van der Waals surface area (Å²) < 4.78 is 29.2. The van der Waals surface area contributed by atoms with Crippen molar-refractivity contribution in [2.75, 3.05) is 5.32 Å². The first-order chi connectivity index (χ1) is 14.2. The molecule has 154 valence electrons. The van der Waals surface area contributed by atoms with Gasteiger partial charge in [-0.25, -0.2) is 13.2 Å². The van der Waals surface area contributed by atoms with Gasteiger partial charge in [-0.1, -0.05) is 47.5 Å². The van der Waals surface area contributed by atoms with Crippen LogP contribution in [0.2, 0.25) is 10.0 Å². The molecule has 30 heavy (non-hydrogen) atoms. The lowest BCUT2D eigenvalue weighted by atomic mass is 9.95. The van der Waals surface area contributed by atoms with Crippen molar-refractivity contribution in [3.05, 3.63) is 93.5 Å². The molecule has 9 heteroatoms. The Balaban J connectivity index is 1.81. The lowest BCUT2D eigenvalue weighted by Crippen LogP contribution is -2.50. The number of benzene rings is 3. The summed E-state index contributed by atoms with van der Waals surface area (Å²) in [7, 11) is -4.03. The minimum absolute atomic E-state index is 0.0519. The number of hydrogen-bond acceptors (Lipinski definition) is 4. The van der Waals surface area contributed by atoms with Crippen molar-refractivity contribution < 1.29 is 18.3 Å². The second-order valence-electron chi connectivity index (χ2n) is 6.93. The summed E-state index contributed by atoms with van der Waals surface area (Å²) in [6.07, 6.45) is 0.263. The summed E-state index contributed by atoms with van der Waals surface area (Å²) in [4.78, 5) is 11.2. The van der Waals surface area contributed by atoms with Gasteiger partial charge in [-0.2, -0.15) is 4.72 Å². The molecule has 3 aromatic carbocycles. The van der Waals surface area contributed by atoms with E-state index in [9.17, 15) is 18.3 Å². The Morgan fingerprint density at radius 2 is 1.73 bits per heavy atom. The van der Waals surface area contributed by atoms with Crippen LogP contribution in [0.4, 0.5) is 5.69 Å². The van der Waals surface area contributed by atoms with Crippen LogP contribution < -0.4 is 10.0 Å². The summed E-state index contributed by atoms with van der Waals surface area (Å²) in [5.41, 5.74) is 0.953. The topological polar surface area (TPSA) is 95.5 Å². The number of anilines is 1. The highest BCUT2D eigenvalue weighted by atomic mass is 35.5. The zero-order valence-corrected chi connectivity index (χ0v) is 17.7. The van der Waals surface area contributed by atoms with Crippen LogP contribution in [0.5, 0.6) is 0 Å². The Kier molecular flexibility index (Phi) is 5.23. The zero-order valence-electron chi connectivity index (χ0n) is 15.4. The maximum Gasteiger partial charge on any atom is 0.335 e. The Bertz CT molecular complexity index is 1250. The molecule has 0 aromatic heterocycles. The van der Waals surface area contributed by atoms with Gasteiger partial charge in [-0.05, 0) is 53.6 Å². The number of rotatable bonds is 5. The molecule has 0 bridgehead atoms. The SMILES string of the molecule is O=C(O)c1ccc(C2(NS(=O)(=O)c3ccccc3Cl)Cc3cc(Cl)ccc3N2)cc1. The standard InChI is InChI=1S/C21H16Cl2N2O4S/c22-16-9-10-18-14(11-16)12-21(24-18,15-7-5-13(6-8-15)20(26)27)25-30(28,29)19-4-2-1-3-17(19)23/h1-11,24-25H,12H2,(H,26,27). The highest BCUT2D eigenvalue weighted by molar-refractivity contribution is 7.89. The largest absolute Gasteiger partial charge is 0.478 e. The van der Waals surface area contributed by atoms with E-state index >= 15 is 0 Å². The monoisotopic (exact) mass is 462 g/mol. The first kappa shape index (κ1) is 20.7. The average Bonchev–Trinajstić information content (AvgIpc) is 3.05. The van der Waals surface area contributed by atoms with Crippen molar-refractivity contribution in [1.29, 1.82) is 0 Å². The lowest BCUT2D eigenvalue weighted by molar-refractivity contribution is 0.0696. The minimum Gasteiger partial charge on any atom is -0.478 e. The Labute approximate surface area is 183 Å². The summed E-state index contributed by atoms with van der Waals surface area (Å²) in [5, 5.41) is 13.1. The van der Waals surface area contributed by atoms with E-state index in [1.807, 2.05) is 0 Å². The fraction of sp³-hybridized carbons (Fsp3) is 0.0952. The number of halogens is 2. The molecule has 0 saturated carbocycles. The molecule has 1 aliphatic rings. The van der Waals surface area contributed by atoms with Gasteiger partial charge in [-0.15, -0.1) is 0 Å². The number of carboxylic acids is 1. The van der Waals surface area contributed by atoms with Crippen LogP contribution in [0.25, 0.3) is 0 Å². The van der Waals surface area contributed by atoms with Crippen molar-refractivity contribution in [2.24, 2.45) is 0 Å². The van der Waals surface area contributed by atoms with Crippen molar-refractivity contribution in [3.63, 3.8) is 0 Å². The van der Waals surface area contributed by atoms with Crippen molar-refractivity contribution >= 4 is 44.9 Å². The molecule has 0 radical (unpaired) electrons. The van der Waals surface area contributed by atoms with Gasteiger partial charge in [0.2, 0.25) is 10.0 Å². The third-order valence-electron chi connectivity index (χ3n) is 4.93. The van der Waals surface area contributed by atoms with E-state index in [0.29, 0.717) is 10.6 Å². The molecule has 0 spiro atoms. The quantitative estimate of drug-likeness (QED) is 0.518. The van der Waals surface area contributed by atoms with E-state index in [1.54, 1.807) is 42.5 Å². The fourth-order valence-electron chi connectivity index (χ4n) is 3.53. The molecule has 0 amide bonds. The number of fused-ring (bicyclic) bond motifs is 1. The van der Waals surface area contributed by atoms with Crippen molar-refractivity contribution in [2.45, 2.75) is 17.0 Å². The average molecular weight is 463 g/mol. The predicted molar refractivity (Wildman–Crippen MR) is 116 cm³/mol. The summed E-state index contributed by atoms with van der Waals surface area (Å²) in [5.74, 6) is -1.07. The van der Waals surface area contributed by atoms with Crippen LogP contribution in [0, 0.1) is 0 Å². The third kappa shape index (κ3) is 3.77. The van der Waals surface area contributed by atoms with Crippen LogP contribution in [0.1, 0.15) is 21.5 Å². The molecule has 0 aliphatic carbocycles. The molecule has 3 N–H and O–H groups in total. The number of nitrogens with one attached hydrogen (secondary N) is 2. The molecule has 0 saturated heterocycles. The first-order valence-electron chi connectivity index (χ1n) is 8.89. The number of carbonyl (C=O) groups is 1. The van der Waals surface area contributed by atoms with Crippen LogP contribution in [0.3, 0.4) is 0 Å². The molecule has 3 aromatic rings. The lowest BCUT2D eigenvalue weighted by Gasteiger charge is -2.32. The van der Waals surface area contributed by atoms with Gasteiger partial charge in [0.25, 0.3) is 0 Å². The van der Waals surface area contributed by atoms with Gasteiger partial charge >= 0.3 is 5.97 Å². The maximum absolute atomic E-state index is 13.2. The molecule has 1 aliphatic heterocycles. The molecule has 4 rings (SSSR count). The summed E-state index contributed by atoms with van der Waals surface area (Å²) in [6, 6.07) is 17.4. The molecule has 1 heterocycles. The van der Waals surface area contributed by atoms with E-state index in [2.05, 4.69) is 10.0 Å².